The normalized spacial score (nSPS) is 10.9. The molecule has 0 aliphatic heterocycles. The van der Waals surface area contributed by atoms with Crippen LogP contribution in [0.3, 0.4) is 0 Å². The lowest BCUT2D eigenvalue weighted by atomic mass is 10.2. The van der Waals surface area contributed by atoms with Crippen molar-refractivity contribution < 1.29 is 0 Å². The van der Waals surface area contributed by atoms with Crippen LogP contribution in [0, 0.1) is 20.8 Å². The summed E-state index contributed by atoms with van der Waals surface area (Å²) in [5.41, 5.74) is 5.66. The first-order valence-electron chi connectivity index (χ1n) is 6.82. The van der Waals surface area contributed by atoms with Crippen LogP contribution in [0.5, 0.6) is 0 Å². The number of hydrogen-bond donors (Lipinski definition) is 1. The lowest BCUT2D eigenvalue weighted by Crippen LogP contribution is -2.15. The third-order valence-corrected chi connectivity index (χ3v) is 3.43. The van der Waals surface area contributed by atoms with Gasteiger partial charge in [-0.3, -0.25) is 4.98 Å². The minimum absolute atomic E-state index is 0.806. The van der Waals surface area contributed by atoms with E-state index in [0.29, 0.717) is 0 Å². The molecule has 0 aliphatic rings. The van der Waals surface area contributed by atoms with Crippen LogP contribution >= 0.6 is 0 Å². The average Bonchev–Trinajstić information content (AvgIpc) is 2.67. The lowest BCUT2D eigenvalue weighted by molar-refractivity contribution is 0.663. The van der Waals surface area contributed by atoms with E-state index in [-0.39, 0.29) is 0 Å². The summed E-state index contributed by atoms with van der Waals surface area (Å²) in [7, 11) is 0. The molecule has 0 bridgehead atoms. The summed E-state index contributed by atoms with van der Waals surface area (Å²) in [4.78, 5) is 4.39. The van der Waals surface area contributed by atoms with Gasteiger partial charge in [0, 0.05) is 18.4 Å². The molecule has 0 radical (unpaired) electrons. The Morgan fingerprint density at radius 3 is 2.68 bits per heavy atom. The van der Waals surface area contributed by atoms with Crippen LogP contribution in [0.25, 0.3) is 5.69 Å². The van der Waals surface area contributed by atoms with Gasteiger partial charge in [0.05, 0.1) is 17.1 Å². The minimum atomic E-state index is 0.806. The molecule has 0 atom stereocenters. The van der Waals surface area contributed by atoms with E-state index in [1.807, 2.05) is 23.9 Å². The van der Waals surface area contributed by atoms with Crippen LogP contribution in [0.15, 0.2) is 18.3 Å². The van der Waals surface area contributed by atoms with Crippen LogP contribution < -0.4 is 5.32 Å². The van der Waals surface area contributed by atoms with Crippen LogP contribution in [0.1, 0.15) is 36.0 Å². The van der Waals surface area contributed by atoms with E-state index in [1.54, 1.807) is 0 Å². The Labute approximate surface area is 114 Å². The van der Waals surface area contributed by atoms with Crippen molar-refractivity contribution in [1.82, 2.24) is 20.1 Å². The SMILES string of the molecule is CCCNCc1cc(-n2nc(C)c(C)c2C)ccn1. The number of nitrogens with one attached hydrogen (secondary N) is 1. The molecule has 0 aliphatic carbocycles. The summed E-state index contributed by atoms with van der Waals surface area (Å²) in [6, 6.07) is 4.10. The van der Waals surface area contributed by atoms with E-state index >= 15 is 0 Å². The zero-order chi connectivity index (χ0) is 13.8. The van der Waals surface area contributed by atoms with Gasteiger partial charge in [-0.25, -0.2) is 4.68 Å². The smallest absolute Gasteiger partial charge is 0.0682 e. The second-order valence-electron chi connectivity index (χ2n) is 4.89. The molecule has 0 spiro atoms. The molecule has 2 aromatic heterocycles. The van der Waals surface area contributed by atoms with Crippen molar-refractivity contribution in [3.63, 3.8) is 0 Å². The monoisotopic (exact) mass is 258 g/mol. The summed E-state index contributed by atoms with van der Waals surface area (Å²) in [5.74, 6) is 0. The van der Waals surface area contributed by atoms with Gasteiger partial charge in [-0.1, -0.05) is 6.92 Å². The van der Waals surface area contributed by atoms with Crippen LogP contribution in [-0.4, -0.2) is 21.3 Å². The molecule has 0 saturated heterocycles. The van der Waals surface area contributed by atoms with Gasteiger partial charge in [0.2, 0.25) is 0 Å². The summed E-state index contributed by atoms with van der Waals surface area (Å²) >= 11 is 0. The number of aryl methyl sites for hydroxylation is 1. The maximum atomic E-state index is 4.59. The van der Waals surface area contributed by atoms with Crippen molar-refractivity contribution in [2.45, 2.75) is 40.7 Å². The first-order valence-corrected chi connectivity index (χ1v) is 6.82. The van der Waals surface area contributed by atoms with Gasteiger partial charge in [0.15, 0.2) is 0 Å². The largest absolute Gasteiger partial charge is 0.311 e. The van der Waals surface area contributed by atoms with E-state index in [1.165, 1.54) is 11.3 Å². The molecular formula is C15H22N4. The van der Waals surface area contributed by atoms with E-state index in [4.69, 9.17) is 0 Å². The number of nitrogens with zero attached hydrogens (tertiary/aromatic N) is 3. The standard InChI is InChI=1S/C15H22N4/c1-5-7-16-10-14-9-15(6-8-17-14)19-13(4)11(2)12(3)18-19/h6,8-9,16H,5,7,10H2,1-4H3. The van der Waals surface area contributed by atoms with Gasteiger partial charge in [-0.2, -0.15) is 5.10 Å². The maximum absolute atomic E-state index is 4.59. The Morgan fingerprint density at radius 1 is 1.26 bits per heavy atom. The van der Waals surface area contributed by atoms with Crippen LogP contribution in [0.2, 0.25) is 0 Å². The predicted molar refractivity (Wildman–Crippen MR) is 77.6 cm³/mol. The van der Waals surface area contributed by atoms with Crippen molar-refractivity contribution in [2.24, 2.45) is 0 Å². The summed E-state index contributed by atoms with van der Waals surface area (Å²) in [6.45, 7) is 10.2. The molecule has 4 heteroatoms. The topological polar surface area (TPSA) is 42.7 Å². The van der Waals surface area contributed by atoms with Gasteiger partial charge < -0.3 is 5.32 Å². The van der Waals surface area contributed by atoms with Crippen LogP contribution in [-0.2, 0) is 6.54 Å². The quantitative estimate of drug-likeness (QED) is 0.838. The molecule has 0 amide bonds. The zero-order valence-corrected chi connectivity index (χ0v) is 12.2. The minimum Gasteiger partial charge on any atom is -0.311 e. The van der Waals surface area contributed by atoms with Gasteiger partial charge >= 0.3 is 0 Å². The van der Waals surface area contributed by atoms with Crippen molar-refractivity contribution in [1.29, 1.82) is 0 Å². The lowest BCUT2D eigenvalue weighted by Gasteiger charge is -2.07. The van der Waals surface area contributed by atoms with E-state index < -0.39 is 0 Å². The van der Waals surface area contributed by atoms with Crippen molar-refractivity contribution >= 4 is 0 Å². The fraction of sp³-hybridized carbons (Fsp3) is 0.467. The Hall–Kier alpha value is -1.68. The number of aromatic nitrogens is 3. The van der Waals surface area contributed by atoms with Crippen LogP contribution in [0.4, 0.5) is 0 Å². The summed E-state index contributed by atoms with van der Waals surface area (Å²) in [6.07, 6.45) is 2.99. The van der Waals surface area contributed by atoms with Gasteiger partial charge in [-0.15, -0.1) is 0 Å². The first kappa shape index (κ1) is 13.7. The molecule has 2 aromatic rings. The predicted octanol–water partition coefficient (Wildman–Crippen LogP) is 2.69. The summed E-state index contributed by atoms with van der Waals surface area (Å²) < 4.78 is 2.00. The Morgan fingerprint density at radius 2 is 2.05 bits per heavy atom. The third-order valence-electron chi connectivity index (χ3n) is 3.43. The second kappa shape index (κ2) is 5.97. The van der Waals surface area contributed by atoms with Crippen molar-refractivity contribution in [3.05, 3.63) is 41.0 Å². The number of rotatable bonds is 5. The second-order valence-corrected chi connectivity index (χ2v) is 4.89. The van der Waals surface area contributed by atoms with E-state index in [2.05, 4.69) is 42.2 Å². The molecule has 19 heavy (non-hydrogen) atoms. The molecule has 1 N–H and O–H groups in total. The Bertz CT molecular complexity index is 557. The molecule has 4 nitrogen and oxygen atoms in total. The number of pyridine rings is 1. The van der Waals surface area contributed by atoms with Crippen molar-refractivity contribution in [3.8, 4) is 5.69 Å². The number of hydrogen-bond acceptors (Lipinski definition) is 3. The fourth-order valence-electron chi connectivity index (χ4n) is 2.06. The average molecular weight is 258 g/mol. The molecule has 2 rings (SSSR count). The molecule has 0 saturated carbocycles. The third kappa shape index (κ3) is 3.01. The highest BCUT2D eigenvalue weighted by atomic mass is 15.3. The molecule has 2 heterocycles. The maximum Gasteiger partial charge on any atom is 0.0682 e. The highest BCUT2D eigenvalue weighted by Crippen LogP contribution is 2.16. The molecule has 0 aromatic carbocycles. The molecule has 102 valence electrons. The highest BCUT2D eigenvalue weighted by Gasteiger charge is 2.09. The van der Waals surface area contributed by atoms with E-state index in [9.17, 15) is 0 Å². The zero-order valence-electron chi connectivity index (χ0n) is 12.2. The highest BCUT2D eigenvalue weighted by molar-refractivity contribution is 5.36. The van der Waals surface area contributed by atoms with Gasteiger partial charge in [0.25, 0.3) is 0 Å². The Balaban J connectivity index is 2.25. The van der Waals surface area contributed by atoms with Gasteiger partial charge in [-0.05, 0) is 51.4 Å². The van der Waals surface area contributed by atoms with Crippen molar-refractivity contribution in [2.75, 3.05) is 6.54 Å². The fourth-order valence-corrected chi connectivity index (χ4v) is 2.06. The summed E-state index contributed by atoms with van der Waals surface area (Å²) in [5, 5.41) is 7.96. The Kier molecular flexibility index (Phi) is 4.32. The molecule has 0 unspecified atom stereocenters. The van der Waals surface area contributed by atoms with Gasteiger partial charge in [0.1, 0.15) is 0 Å². The first-order chi connectivity index (χ1) is 9.13. The van der Waals surface area contributed by atoms with E-state index in [0.717, 1.165) is 36.6 Å². The molecule has 0 fully saturated rings. The molecular weight excluding hydrogens is 236 g/mol.